The van der Waals surface area contributed by atoms with Gasteiger partial charge in [0.25, 0.3) is 0 Å². The van der Waals surface area contributed by atoms with Gasteiger partial charge in [0.05, 0.1) is 18.9 Å². The Morgan fingerprint density at radius 1 is 1.27 bits per heavy atom. The maximum Gasteiger partial charge on any atom is 0.419 e. The van der Waals surface area contributed by atoms with Crippen molar-refractivity contribution in [2.45, 2.75) is 6.18 Å². The highest BCUT2D eigenvalue weighted by Crippen LogP contribution is 2.34. The fraction of sp³-hybridized carbons (Fsp3) is 0.200. The summed E-state index contributed by atoms with van der Waals surface area (Å²) < 4.78 is 41.9. The third-order valence-corrected chi connectivity index (χ3v) is 1.95. The Hall–Kier alpha value is -1.16. The van der Waals surface area contributed by atoms with Crippen LogP contribution < -0.4 is 0 Å². The van der Waals surface area contributed by atoms with E-state index in [1.54, 1.807) is 0 Å². The van der Waals surface area contributed by atoms with Gasteiger partial charge in [0.15, 0.2) is 0 Å². The minimum Gasteiger partial charge on any atom is -0.504 e. The first-order valence-corrected chi connectivity index (χ1v) is 4.39. The summed E-state index contributed by atoms with van der Waals surface area (Å²) in [4.78, 5) is 0. The van der Waals surface area contributed by atoms with Gasteiger partial charge in [-0.3, -0.25) is 0 Å². The van der Waals surface area contributed by atoms with Crippen LogP contribution in [0.25, 0.3) is 5.57 Å². The lowest BCUT2D eigenvalue weighted by Crippen LogP contribution is -2.11. The summed E-state index contributed by atoms with van der Waals surface area (Å²) in [5, 5.41) is 0.387. The summed E-state index contributed by atoms with van der Waals surface area (Å²) in [7, 11) is 1.17. The van der Waals surface area contributed by atoms with E-state index in [4.69, 9.17) is 11.6 Å². The van der Waals surface area contributed by atoms with Crippen LogP contribution in [-0.2, 0) is 4.74 Å². The molecule has 0 aliphatic heterocycles. The highest BCUT2D eigenvalue weighted by molar-refractivity contribution is 6.30. The number of rotatable bonds is 2. The van der Waals surface area contributed by atoms with Crippen LogP contribution in [0.15, 0.2) is 30.5 Å². The SMILES string of the molecule is CO/C=C(\c1ccc(Cl)cc1)C(F)(F)F. The second kappa shape index (κ2) is 4.57. The number of hydrogen-bond donors (Lipinski definition) is 0. The predicted molar refractivity (Wildman–Crippen MR) is 52.5 cm³/mol. The van der Waals surface area contributed by atoms with E-state index in [1.807, 2.05) is 0 Å². The van der Waals surface area contributed by atoms with Gasteiger partial charge in [-0.1, -0.05) is 23.7 Å². The van der Waals surface area contributed by atoms with Crippen LogP contribution in [0.1, 0.15) is 5.56 Å². The van der Waals surface area contributed by atoms with Crippen LogP contribution in [-0.4, -0.2) is 13.3 Å². The summed E-state index contributed by atoms with van der Waals surface area (Å²) in [5.41, 5.74) is -0.810. The number of benzene rings is 1. The zero-order chi connectivity index (χ0) is 11.5. The Bertz CT molecular complexity index is 354. The number of halogens is 4. The van der Waals surface area contributed by atoms with Gasteiger partial charge in [-0.05, 0) is 17.7 Å². The number of hydrogen-bond acceptors (Lipinski definition) is 1. The molecule has 0 aromatic heterocycles. The molecule has 1 rings (SSSR count). The number of alkyl halides is 3. The summed E-state index contributed by atoms with van der Waals surface area (Å²) in [6, 6.07) is 5.37. The third-order valence-electron chi connectivity index (χ3n) is 1.70. The van der Waals surface area contributed by atoms with Crippen molar-refractivity contribution in [3.63, 3.8) is 0 Å². The second-order valence-corrected chi connectivity index (χ2v) is 3.21. The lowest BCUT2D eigenvalue weighted by molar-refractivity contribution is -0.0701. The Morgan fingerprint density at radius 2 is 1.80 bits per heavy atom. The van der Waals surface area contributed by atoms with Gasteiger partial charge in [-0.15, -0.1) is 0 Å². The average molecular weight is 237 g/mol. The van der Waals surface area contributed by atoms with Gasteiger partial charge >= 0.3 is 6.18 Å². The van der Waals surface area contributed by atoms with Crippen molar-refractivity contribution in [1.29, 1.82) is 0 Å². The van der Waals surface area contributed by atoms with Gasteiger partial charge in [-0.2, -0.15) is 13.2 Å². The van der Waals surface area contributed by atoms with Crippen molar-refractivity contribution in [3.8, 4) is 0 Å². The molecule has 1 aromatic carbocycles. The molecule has 0 unspecified atom stereocenters. The molecule has 0 heterocycles. The molecule has 1 nitrogen and oxygen atoms in total. The third kappa shape index (κ3) is 3.16. The summed E-state index contributed by atoms with van der Waals surface area (Å²) in [6.07, 6.45) is -3.77. The molecule has 1 aromatic rings. The normalized spacial score (nSPS) is 12.7. The second-order valence-electron chi connectivity index (χ2n) is 2.77. The molecule has 82 valence electrons. The largest absolute Gasteiger partial charge is 0.504 e. The maximum absolute atomic E-state index is 12.5. The minimum absolute atomic E-state index is 0.0220. The molecule has 0 spiro atoms. The zero-order valence-corrected chi connectivity index (χ0v) is 8.56. The van der Waals surface area contributed by atoms with Crippen LogP contribution in [0.5, 0.6) is 0 Å². The van der Waals surface area contributed by atoms with E-state index in [0.717, 1.165) is 0 Å². The molecule has 0 aliphatic rings. The zero-order valence-electron chi connectivity index (χ0n) is 7.81. The molecule has 0 bridgehead atoms. The van der Waals surface area contributed by atoms with Gasteiger partial charge in [0, 0.05) is 5.02 Å². The lowest BCUT2D eigenvalue weighted by atomic mass is 10.1. The summed E-state index contributed by atoms with van der Waals surface area (Å²) in [5.74, 6) is 0. The molecule has 0 fully saturated rings. The number of ether oxygens (including phenoxy) is 1. The van der Waals surface area contributed by atoms with E-state index in [-0.39, 0.29) is 5.56 Å². The quantitative estimate of drug-likeness (QED) is 0.708. The number of methoxy groups -OCH3 is 1. The molecule has 15 heavy (non-hydrogen) atoms. The highest BCUT2D eigenvalue weighted by Gasteiger charge is 2.35. The molecule has 0 atom stereocenters. The first-order valence-electron chi connectivity index (χ1n) is 4.01. The van der Waals surface area contributed by atoms with Crippen molar-refractivity contribution >= 4 is 17.2 Å². The lowest BCUT2D eigenvalue weighted by Gasteiger charge is -2.11. The van der Waals surface area contributed by atoms with Crippen LogP contribution in [0, 0.1) is 0 Å². The highest BCUT2D eigenvalue weighted by atomic mass is 35.5. The van der Waals surface area contributed by atoms with E-state index >= 15 is 0 Å². The average Bonchev–Trinajstić information content (AvgIpc) is 2.14. The Balaban J connectivity index is 3.11. The van der Waals surface area contributed by atoms with Crippen molar-refractivity contribution < 1.29 is 17.9 Å². The van der Waals surface area contributed by atoms with Crippen molar-refractivity contribution in [1.82, 2.24) is 0 Å². The van der Waals surface area contributed by atoms with Gasteiger partial charge in [-0.25, -0.2) is 0 Å². The monoisotopic (exact) mass is 236 g/mol. The van der Waals surface area contributed by atoms with Crippen molar-refractivity contribution in [3.05, 3.63) is 41.1 Å². The summed E-state index contributed by atoms with van der Waals surface area (Å²) in [6.45, 7) is 0. The molecular weight excluding hydrogens is 229 g/mol. The topological polar surface area (TPSA) is 9.23 Å². The van der Waals surface area contributed by atoms with Crippen molar-refractivity contribution in [2.75, 3.05) is 7.11 Å². The minimum atomic E-state index is -4.44. The number of allylic oxidation sites excluding steroid dienone is 1. The predicted octanol–water partition coefficient (Wildman–Crippen LogP) is 3.89. The van der Waals surface area contributed by atoms with E-state index in [0.29, 0.717) is 11.3 Å². The Morgan fingerprint density at radius 3 is 2.20 bits per heavy atom. The van der Waals surface area contributed by atoms with E-state index in [1.165, 1.54) is 31.4 Å². The standard InChI is InChI=1S/C10H8ClF3O/c1-15-6-9(10(12,13)14)7-2-4-8(11)5-3-7/h2-6H,1H3/b9-6+. The van der Waals surface area contributed by atoms with Crippen LogP contribution >= 0.6 is 11.6 Å². The van der Waals surface area contributed by atoms with Gasteiger partial charge in [0.2, 0.25) is 0 Å². The molecule has 0 saturated heterocycles. The van der Waals surface area contributed by atoms with Crippen LogP contribution in [0.4, 0.5) is 13.2 Å². The van der Waals surface area contributed by atoms with E-state index in [2.05, 4.69) is 4.74 Å². The first-order chi connectivity index (χ1) is 6.95. The Labute approximate surface area is 90.1 Å². The molecule has 0 amide bonds. The van der Waals surface area contributed by atoms with Gasteiger partial charge in [0.1, 0.15) is 0 Å². The van der Waals surface area contributed by atoms with E-state index in [9.17, 15) is 13.2 Å². The fourth-order valence-corrected chi connectivity index (χ4v) is 1.17. The van der Waals surface area contributed by atoms with Crippen LogP contribution in [0.2, 0.25) is 5.02 Å². The smallest absolute Gasteiger partial charge is 0.419 e. The Kier molecular flexibility index (Phi) is 3.63. The molecular formula is C10H8ClF3O. The van der Waals surface area contributed by atoms with Gasteiger partial charge < -0.3 is 4.74 Å². The van der Waals surface area contributed by atoms with Crippen LogP contribution in [0.3, 0.4) is 0 Å². The van der Waals surface area contributed by atoms with E-state index < -0.39 is 11.7 Å². The fourth-order valence-electron chi connectivity index (χ4n) is 1.05. The molecule has 0 aliphatic carbocycles. The molecule has 0 N–H and O–H groups in total. The molecule has 0 saturated carbocycles. The summed E-state index contributed by atoms with van der Waals surface area (Å²) >= 11 is 5.58. The first kappa shape index (κ1) is 11.9. The van der Waals surface area contributed by atoms with Crippen molar-refractivity contribution in [2.24, 2.45) is 0 Å². The maximum atomic E-state index is 12.5. The molecule has 0 radical (unpaired) electrons. The molecule has 5 heteroatoms.